The van der Waals surface area contributed by atoms with Gasteiger partial charge in [0.2, 0.25) is 0 Å². The van der Waals surface area contributed by atoms with Crippen molar-refractivity contribution in [2.24, 2.45) is 5.73 Å². The fourth-order valence-corrected chi connectivity index (χ4v) is 5.92. The molecule has 0 saturated heterocycles. The van der Waals surface area contributed by atoms with E-state index in [0.717, 1.165) is 23.8 Å². The predicted molar refractivity (Wildman–Crippen MR) is 150 cm³/mol. The topological polar surface area (TPSA) is 123 Å². The summed E-state index contributed by atoms with van der Waals surface area (Å²) in [5, 5.41) is 14.3. The van der Waals surface area contributed by atoms with Gasteiger partial charge >= 0.3 is 18.1 Å². The van der Waals surface area contributed by atoms with E-state index >= 15 is 0 Å². The molecule has 0 bridgehead atoms. The van der Waals surface area contributed by atoms with E-state index in [1.165, 1.54) is 18.2 Å². The zero-order valence-corrected chi connectivity index (χ0v) is 23.8. The summed E-state index contributed by atoms with van der Waals surface area (Å²) >= 11 is 6.66. The van der Waals surface area contributed by atoms with Gasteiger partial charge in [0.05, 0.1) is 48.1 Å². The number of benzene rings is 2. The van der Waals surface area contributed by atoms with Crippen LogP contribution in [0.25, 0.3) is 5.69 Å². The van der Waals surface area contributed by atoms with Crippen LogP contribution in [0.15, 0.2) is 71.2 Å². The molecule has 0 fully saturated rings. The van der Waals surface area contributed by atoms with Gasteiger partial charge in [0, 0.05) is 11.3 Å². The molecule has 1 aromatic heterocycles. The van der Waals surface area contributed by atoms with Crippen molar-refractivity contribution in [3.63, 3.8) is 0 Å². The average molecular weight is 612 g/mol. The smallest absolute Gasteiger partial charge is 0.435 e. The van der Waals surface area contributed by atoms with Crippen molar-refractivity contribution in [3.8, 4) is 11.8 Å². The van der Waals surface area contributed by atoms with Gasteiger partial charge in [-0.3, -0.25) is 4.90 Å². The summed E-state index contributed by atoms with van der Waals surface area (Å²) in [5.41, 5.74) is 5.65. The number of para-hydroxylation sites is 1. The van der Waals surface area contributed by atoms with E-state index < -0.39 is 29.7 Å². The van der Waals surface area contributed by atoms with Crippen molar-refractivity contribution >= 4 is 29.2 Å². The Hall–Kier alpha value is -4.76. The molecule has 2 aromatic carbocycles. The number of ether oxygens (including phenoxy) is 2. The lowest BCUT2D eigenvalue weighted by Crippen LogP contribution is -2.41. The molecule has 2 N–H and O–H groups in total. The second-order valence-corrected chi connectivity index (χ2v) is 10.2. The van der Waals surface area contributed by atoms with Gasteiger partial charge in [0.15, 0.2) is 5.69 Å². The first-order valence-corrected chi connectivity index (χ1v) is 13.5. The van der Waals surface area contributed by atoms with Crippen LogP contribution in [0, 0.1) is 11.3 Å². The van der Waals surface area contributed by atoms with Gasteiger partial charge in [-0.15, -0.1) is 0 Å². The van der Waals surface area contributed by atoms with Crippen LogP contribution in [0.4, 0.5) is 18.9 Å². The van der Waals surface area contributed by atoms with Crippen molar-refractivity contribution in [3.05, 3.63) is 98.7 Å². The molecule has 1 aliphatic heterocycles. The summed E-state index contributed by atoms with van der Waals surface area (Å²) < 4.78 is 53.6. The Kier molecular flexibility index (Phi) is 7.94. The minimum Gasteiger partial charge on any atom is -0.466 e. The predicted octanol–water partition coefficient (Wildman–Crippen LogP) is 5.32. The third-order valence-corrected chi connectivity index (χ3v) is 7.78. The van der Waals surface area contributed by atoms with E-state index in [4.69, 9.17) is 26.8 Å². The Morgan fingerprint density at radius 1 is 1.05 bits per heavy atom. The number of hydrogen-bond donors (Lipinski definition) is 1. The number of fused-ring (bicyclic) bond motifs is 1. The quantitative estimate of drug-likeness (QED) is 0.385. The fraction of sp³-hybridized carbons (Fsp3) is 0.267. The highest BCUT2D eigenvalue weighted by molar-refractivity contribution is 6.33. The molecule has 5 rings (SSSR count). The number of hydrogen-bond acceptors (Lipinski definition) is 8. The summed E-state index contributed by atoms with van der Waals surface area (Å²) in [4.78, 5) is 28.0. The number of methoxy groups -OCH3 is 2. The molecule has 0 amide bonds. The maximum Gasteiger partial charge on any atom is 0.435 e. The van der Waals surface area contributed by atoms with Gasteiger partial charge < -0.3 is 15.2 Å². The standard InChI is InChI=1S/C30H25ClF3N5O4/c1-42-28(40)23-22(16-9-4-3-5-10-16)18(15-35)27(36)38(25(23)29(41)43-2)21-14-8-12-19(31)24(21)39-20-13-7-6-11-17(20)26(37-39)30(32,33)34/h3-5,8-10,12,14,22H,6-7,11,13,36H2,1-2H3. The van der Waals surface area contributed by atoms with Crippen LogP contribution < -0.4 is 10.6 Å². The average Bonchev–Trinajstić information content (AvgIpc) is 3.40. The maximum atomic E-state index is 14.1. The summed E-state index contributed by atoms with van der Waals surface area (Å²) in [7, 11) is 2.21. The molecule has 2 aliphatic rings. The van der Waals surface area contributed by atoms with Crippen molar-refractivity contribution in [1.82, 2.24) is 9.78 Å². The third-order valence-electron chi connectivity index (χ3n) is 7.48. The summed E-state index contributed by atoms with van der Waals surface area (Å²) in [6, 6.07) is 14.9. The highest BCUT2D eigenvalue weighted by Crippen LogP contribution is 2.46. The minimum absolute atomic E-state index is 0.00402. The van der Waals surface area contributed by atoms with Crippen LogP contribution >= 0.6 is 11.6 Å². The van der Waals surface area contributed by atoms with E-state index in [1.54, 1.807) is 30.3 Å². The molecule has 0 spiro atoms. The lowest BCUT2D eigenvalue weighted by Gasteiger charge is -2.36. The largest absolute Gasteiger partial charge is 0.466 e. The molecule has 1 atom stereocenters. The lowest BCUT2D eigenvalue weighted by atomic mass is 9.81. The number of halogens is 4. The highest BCUT2D eigenvalue weighted by atomic mass is 35.5. The zero-order chi connectivity index (χ0) is 31.1. The molecule has 3 aromatic rings. The zero-order valence-electron chi connectivity index (χ0n) is 23.0. The number of carbonyl (C=O) groups is 2. The molecular formula is C30H25ClF3N5O4. The number of aromatic nitrogens is 2. The number of rotatable bonds is 5. The van der Waals surface area contributed by atoms with E-state index in [1.807, 2.05) is 0 Å². The number of allylic oxidation sites excluding steroid dienone is 1. The summed E-state index contributed by atoms with van der Waals surface area (Å²) in [5.74, 6) is -3.34. The number of alkyl halides is 3. The Labute approximate surface area is 249 Å². The molecule has 2 heterocycles. The van der Waals surface area contributed by atoms with E-state index in [-0.39, 0.29) is 51.0 Å². The highest BCUT2D eigenvalue weighted by Gasteiger charge is 2.45. The number of nitriles is 1. The molecule has 0 radical (unpaired) electrons. The van der Waals surface area contributed by atoms with Crippen LogP contribution in [0.5, 0.6) is 0 Å². The van der Waals surface area contributed by atoms with E-state index in [2.05, 4.69) is 11.2 Å². The molecule has 9 nitrogen and oxygen atoms in total. The van der Waals surface area contributed by atoms with Gasteiger partial charge in [0.1, 0.15) is 17.2 Å². The summed E-state index contributed by atoms with van der Waals surface area (Å²) in [6.45, 7) is 0. The van der Waals surface area contributed by atoms with Crippen molar-refractivity contribution in [2.45, 2.75) is 37.8 Å². The monoisotopic (exact) mass is 611 g/mol. The first-order valence-electron chi connectivity index (χ1n) is 13.2. The Bertz CT molecular complexity index is 1720. The number of esters is 2. The normalized spacial score (nSPS) is 17.0. The van der Waals surface area contributed by atoms with Gasteiger partial charge in [-0.05, 0) is 43.4 Å². The molecule has 0 saturated carbocycles. The van der Waals surface area contributed by atoms with Crippen LogP contribution in [0.1, 0.15) is 41.3 Å². The lowest BCUT2D eigenvalue weighted by molar-refractivity contribution is -0.142. The van der Waals surface area contributed by atoms with Crippen LogP contribution in [0.3, 0.4) is 0 Å². The summed E-state index contributed by atoms with van der Waals surface area (Å²) in [6.07, 6.45) is -3.08. The number of carbonyl (C=O) groups excluding carboxylic acids is 2. The molecule has 1 unspecified atom stereocenters. The van der Waals surface area contributed by atoms with Crippen molar-refractivity contribution in [1.29, 1.82) is 5.26 Å². The molecule has 222 valence electrons. The molecular weight excluding hydrogens is 587 g/mol. The van der Waals surface area contributed by atoms with Crippen LogP contribution in [-0.2, 0) is 38.1 Å². The number of anilines is 1. The molecule has 13 heteroatoms. The van der Waals surface area contributed by atoms with Crippen molar-refractivity contribution in [2.75, 3.05) is 19.1 Å². The van der Waals surface area contributed by atoms with Gasteiger partial charge in [0.25, 0.3) is 0 Å². The first kappa shape index (κ1) is 29.7. The van der Waals surface area contributed by atoms with Gasteiger partial charge in [-0.1, -0.05) is 48.0 Å². The van der Waals surface area contributed by atoms with Gasteiger partial charge in [-0.2, -0.15) is 23.5 Å². The fourth-order valence-electron chi connectivity index (χ4n) is 5.67. The van der Waals surface area contributed by atoms with Crippen molar-refractivity contribution < 1.29 is 32.2 Å². The van der Waals surface area contributed by atoms with Crippen LogP contribution in [0.2, 0.25) is 5.02 Å². The third kappa shape index (κ3) is 4.99. The second kappa shape index (κ2) is 11.5. The van der Waals surface area contributed by atoms with E-state index in [9.17, 15) is 28.0 Å². The maximum absolute atomic E-state index is 14.1. The molecule has 1 aliphatic carbocycles. The SMILES string of the molecule is COC(=O)C1=C(C(=O)OC)N(c2cccc(Cl)c2-n2nc(C(F)(F)F)c3c2CCCC3)C(N)=C(C#N)C1c1ccccc1. The Balaban J connectivity index is 1.87. The molecule has 43 heavy (non-hydrogen) atoms. The number of nitrogens with two attached hydrogens (primary N) is 1. The van der Waals surface area contributed by atoms with E-state index in [0.29, 0.717) is 30.5 Å². The Morgan fingerprint density at radius 3 is 2.35 bits per heavy atom. The Morgan fingerprint density at radius 2 is 1.72 bits per heavy atom. The van der Waals surface area contributed by atoms with Gasteiger partial charge in [-0.25, -0.2) is 14.3 Å². The van der Waals surface area contributed by atoms with Crippen LogP contribution in [-0.4, -0.2) is 35.9 Å². The second-order valence-electron chi connectivity index (χ2n) is 9.83. The first-order chi connectivity index (χ1) is 20.5. The number of nitrogens with zero attached hydrogens (tertiary/aromatic N) is 4. The minimum atomic E-state index is -4.73.